The van der Waals surface area contributed by atoms with E-state index in [2.05, 4.69) is 15.3 Å². The summed E-state index contributed by atoms with van der Waals surface area (Å²) in [6.45, 7) is 0. The number of carbonyl (C=O) groups is 1. The first-order valence-corrected chi connectivity index (χ1v) is 6.31. The first-order chi connectivity index (χ1) is 9.63. The van der Waals surface area contributed by atoms with E-state index < -0.39 is 0 Å². The fourth-order valence-corrected chi connectivity index (χ4v) is 2.14. The molecule has 0 saturated carbocycles. The Morgan fingerprint density at radius 1 is 1.30 bits per heavy atom. The molecule has 2 heterocycles. The molecule has 3 aromatic rings. The zero-order valence-electron chi connectivity index (χ0n) is 10.4. The van der Waals surface area contributed by atoms with E-state index in [9.17, 15) is 4.79 Å². The van der Waals surface area contributed by atoms with Crippen LogP contribution in [-0.2, 0) is 0 Å². The summed E-state index contributed by atoms with van der Waals surface area (Å²) in [5.41, 5.74) is 8.63. The van der Waals surface area contributed by atoms with Crippen molar-refractivity contribution in [3.8, 4) is 0 Å². The van der Waals surface area contributed by atoms with Crippen LogP contribution in [0.4, 0.5) is 11.4 Å². The summed E-state index contributed by atoms with van der Waals surface area (Å²) in [6.07, 6.45) is 1.68. The van der Waals surface area contributed by atoms with Crippen LogP contribution in [0.5, 0.6) is 0 Å². The number of nitrogens with zero attached hydrogens (tertiary/aromatic N) is 1. The summed E-state index contributed by atoms with van der Waals surface area (Å²) in [5, 5.41) is 3.13. The Labute approximate surface area is 119 Å². The Balaban J connectivity index is 1.89. The Morgan fingerprint density at radius 3 is 2.90 bits per heavy atom. The highest BCUT2D eigenvalue weighted by atomic mass is 35.5. The van der Waals surface area contributed by atoms with Crippen LogP contribution in [0.3, 0.4) is 0 Å². The largest absolute Gasteiger partial charge is 0.399 e. The standard InChI is InChI=1S/C14H11ClN4O/c15-9-6-8(16)3-4-10(9)19-14(20)13-7-12-11(18-13)2-1-5-17-12/h1-7,18H,16H2,(H,19,20). The molecule has 6 heteroatoms. The molecule has 0 radical (unpaired) electrons. The molecule has 2 aromatic heterocycles. The fraction of sp³-hybridized carbons (Fsp3) is 0. The van der Waals surface area contributed by atoms with Crippen molar-refractivity contribution in [3.63, 3.8) is 0 Å². The summed E-state index contributed by atoms with van der Waals surface area (Å²) >= 11 is 6.02. The zero-order valence-corrected chi connectivity index (χ0v) is 11.1. The molecule has 5 nitrogen and oxygen atoms in total. The van der Waals surface area contributed by atoms with Crippen molar-refractivity contribution < 1.29 is 4.79 Å². The highest BCUT2D eigenvalue weighted by molar-refractivity contribution is 6.34. The minimum Gasteiger partial charge on any atom is -0.399 e. The third-order valence-corrected chi connectivity index (χ3v) is 3.19. The highest BCUT2D eigenvalue weighted by Crippen LogP contribution is 2.24. The van der Waals surface area contributed by atoms with Crippen LogP contribution >= 0.6 is 11.6 Å². The fourth-order valence-electron chi connectivity index (χ4n) is 1.90. The van der Waals surface area contributed by atoms with E-state index in [1.165, 1.54) is 0 Å². The molecule has 0 unspecified atom stereocenters. The van der Waals surface area contributed by atoms with Gasteiger partial charge in [-0.15, -0.1) is 0 Å². The van der Waals surface area contributed by atoms with Crippen molar-refractivity contribution in [1.82, 2.24) is 9.97 Å². The van der Waals surface area contributed by atoms with Crippen molar-refractivity contribution in [2.24, 2.45) is 0 Å². The Morgan fingerprint density at radius 2 is 2.15 bits per heavy atom. The van der Waals surface area contributed by atoms with Gasteiger partial charge in [-0.05, 0) is 36.4 Å². The maximum Gasteiger partial charge on any atom is 0.272 e. The molecule has 0 aliphatic carbocycles. The molecule has 4 N–H and O–H groups in total. The Bertz CT molecular complexity index is 764. The SMILES string of the molecule is Nc1ccc(NC(=O)c2cc3ncccc3[nH]2)c(Cl)c1. The highest BCUT2D eigenvalue weighted by Gasteiger charge is 2.11. The second-order valence-electron chi connectivity index (χ2n) is 4.31. The van der Waals surface area contributed by atoms with Crippen LogP contribution in [0.25, 0.3) is 11.0 Å². The molecule has 0 fully saturated rings. The number of hydrogen-bond acceptors (Lipinski definition) is 3. The quantitative estimate of drug-likeness (QED) is 0.633. The van der Waals surface area contributed by atoms with Crippen molar-refractivity contribution in [3.05, 3.63) is 53.3 Å². The molecule has 0 aliphatic rings. The maximum atomic E-state index is 12.2. The number of nitrogen functional groups attached to an aromatic ring is 1. The predicted molar refractivity (Wildman–Crippen MR) is 79.9 cm³/mol. The Hall–Kier alpha value is -2.53. The minimum absolute atomic E-state index is 0.283. The van der Waals surface area contributed by atoms with Crippen LogP contribution in [0.2, 0.25) is 5.02 Å². The van der Waals surface area contributed by atoms with Gasteiger partial charge in [0.05, 0.1) is 21.7 Å². The van der Waals surface area contributed by atoms with Crippen molar-refractivity contribution in [1.29, 1.82) is 0 Å². The number of fused-ring (bicyclic) bond motifs is 1. The van der Waals surface area contributed by atoms with Gasteiger partial charge >= 0.3 is 0 Å². The van der Waals surface area contributed by atoms with Gasteiger partial charge in [0.1, 0.15) is 5.69 Å². The van der Waals surface area contributed by atoms with Gasteiger partial charge in [-0.25, -0.2) is 0 Å². The molecular weight excluding hydrogens is 276 g/mol. The summed E-state index contributed by atoms with van der Waals surface area (Å²) in [7, 11) is 0. The van der Waals surface area contributed by atoms with Crippen LogP contribution in [0.1, 0.15) is 10.5 Å². The van der Waals surface area contributed by atoms with Crippen molar-refractivity contribution >= 4 is 39.9 Å². The number of H-pyrrole nitrogens is 1. The summed E-state index contributed by atoms with van der Waals surface area (Å²) in [4.78, 5) is 19.3. The van der Waals surface area contributed by atoms with E-state index in [4.69, 9.17) is 17.3 Å². The molecule has 0 saturated heterocycles. The number of benzene rings is 1. The van der Waals surface area contributed by atoms with Crippen LogP contribution in [-0.4, -0.2) is 15.9 Å². The second kappa shape index (κ2) is 4.86. The molecule has 0 aliphatic heterocycles. The number of hydrogen-bond donors (Lipinski definition) is 3. The van der Waals surface area contributed by atoms with Crippen LogP contribution < -0.4 is 11.1 Å². The lowest BCUT2D eigenvalue weighted by Crippen LogP contribution is -2.12. The molecule has 1 amide bonds. The van der Waals surface area contributed by atoms with Crippen LogP contribution in [0.15, 0.2) is 42.6 Å². The average Bonchev–Trinajstić information content (AvgIpc) is 2.86. The van der Waals surface area contributed by atoms with E-state index in [0.29, 0.717) is 22.1 Å². The number of nitrogens with two attached hydrogens (primary N) is 1. The molecular formula is C14H11ClN4O. The number of aromatic amines is 1. The monoisotopic (exact) mass is 286 g/mol. The lowest BCUT2D eigenvalue weighted by Gasteiger charge is -2.06. The first kappa shape index (κ1) is 12.5. The van der Waals surface area contributed by atoms with E-state index in [1.807, 2.05) is 6.07 Å². The third-order valence-electron chi connectivity index (χ3n) is 2.87. The average molecular weight is 287 g/mol. The molecule has 20 heavy (non-hydrogen) atoms. The van der Waals surface area contributed by atoms with Crippen LogP contribution in [0, 0.1) is 0 Å². The molecule has 3 rings (SSSR count). The van der Waals surface area contributed by atoms with E-state index in [-0.39, 0.29) is 5.91 Å². The number of rotatable bonds is 2. The lowest BCUT2D eigenvalue weighted by atomic mass is 10.2. The third kappa shape index (κ3) is 2.31. The van der Waals surface area contributed by atoms with Crippen molar-refractivity contribution in [2.45, 2.75) is 0 Å². The second-order valence-corrected chi connectivity index (χ2v) is 4.72. The van der Waals surface area contributed by atoms with Gasteiger partial charge in [-0.1, -0.05) is 11.6 Å². The molecule has 0 spiro atoms. The number of nitrogens with one attached hydrogen (secondary N) is 2. The number of aromatic nitrogens is 2. The van der Waals surface area contributed by atoms with Gasteiger partial charge in [0.15, 0.2) is 0 Å². The lowest BCUT2D eigenvalue weighted by molar-refractivity contribution is 0.102. The topological polar surface area (TPSA) is 83.8 Å². The number of halogens is 1. The summed E-state index contributed by atoms with van der Waals surface area (Å²) < 4.78 is 0. The Kier molecular flexibility index (Phi) is 3.04. The van der Waals surface area contributed by atoms with Gasteiger partial charge in [0.25, 0.3) is 5.91 Å². The molecule has 0 atom stereocenters. The van der Waals surface area contributed by atoms with E-state index in [0.717, 1.165) is 11.0 Å². The van der Waals surface area contributed by atoms with Gasteiger partial charge in [-0.2, -0.15) is 0 Å². The van der Waals surface area contributed by atoms with Gasteiger partial charge < -0.3 is 16.0 Å². The minimum atomic E-state index is -0.283. The van der Waals surface area contributed by atoms with Crippen molar-refractivity contribution in [2.75, 3.05) is 11.1 Å². The smallest absolute Gasteiger partial charge is 0.272 e. The number of carbonyl (C=O) groups excluding carboxylic acids is 1. The maximum absolute atomic E-state index is 12.2. The number of anilines is 2. The number of amides is 1. The predicted octanol–water partition coefficient (Wildman–Crippen LogP) is 3.05. The molecule has 0 bridgehead atoms. The number of pyridine rings is 1. The van der Waals surface area contributed by atoms with E-state index in [1.54, 1.807) is 36.5 Å². The molecule has 1 aromatic carbocycles. The summed E-state index contributed by atoms with van der Waals surface area (Å²) in [5.74, 6) is -0.283. The molecule has 100 valence electrons. The van der Waals surface area contributed by atoms with Gasteiger partial charge in [0, 0.05) is 11.9 Å². The normalized spacial score (nSPS) is 10.7. The van der Waals surface area contributed by atoms with Gasteiger partial charge in [-0.3, -0.25) is 9.78 Å². The first-order valence-electron chi connectivity index (χ1n) is 5.93. The zero-order chi connectivity index (χ0) is 14.1. The van der Waals surface area contributed by atoms with Gasteiger partial charge in [0.2, 0.25) is 0 Å². The summed E-state index contributed by atoms with van der Waals surface area (Å²) in [6, 6.07) is 10.3. The van der Waals surface area contributed by atoms with E-state index >= 15 is 0 Å².